The highest BCUT2D eigenvalue weighted by Gasteiger charge is 2.38. The van der Waals surface area contributed by atoms with Gasteiger partial charge in [0.25, 0.3) is 5.91 Å². The second-order valence-corrected chi connectivity index (χ2v) is 6.61. The van der Waals surface area contributed by atoms with Crippen LogP contribution in [0.2, 0.25) is 0 Å². The lowest BCUT2D eigenvalue weighted by Gasteiger charge is -2.45. The number of carbonyl (C=O) groups excluding carboxylic acids is 1. The lowest BCUT2D eigenvalue weighted by Crippen LogP contribution is -2.52. The third-order valence-electron chi connectivity index (χ3n) is 5.02. The predicted molar refractivity (Wildman–Crippen MR) is 82.3 cm³/mol. The first-order chi connectivity index (χ1) is 10.1. The molecular formula is C16H26N4O. The zero-order valence-electron chi connectivity index (χ0n) is 13.2. The normalized spacial score (nSPS) is 26.3. The van der Waals surface area contributed by atoms with Gasteiger partial charge < -0.3 is 10.2 Å². The first-order valence-electron chi connectivity index (χ1n) is 8.16. The molecular weight excluding hydrogens is 264 g/mol. The predicted octanol–water partition coefficient (Wildman–Crippen LogP) is 1.59. The zero-order chi connectivity index (χ0) is 14.9. The van der Waals surface area contributed by atoms with Gasteiger partial charge in [-0.15, -0.1) is 0 Å². The van der Waals surface area contributed by atoms with Crippen LogP contribution in [0, 0.1) is 5.41 Å². The minimum Gasteiger partial charge on any atom is -0.337 e. The number of aryl methyl sites for hydroxylation is 2. The van der Waals surface area contributed by atoms with Gasteiger partial charge in [-0.3, -0.25) is 9.48 Å². The zero-order valence-corrected chi connectivity index (χ0v) is 13.2. The van der Waals surface area contributed by atoms with Crippen molar-refractivity contribution in [3.8, 4) is 0 Å². The first-order valence-corrected chi connectivity index (χ1v) is 8.16. The lowest BCUT2D eigenvalue weighted by atomic mass is 9.74. The smallest absolute Gasteiger partial charge is 0.272 e. The number of nitrogens with zero attached hydrogens (tertiary/aromatic N) is 3. The number of piperidine rings is 2. The fourth-order valence-electron chi connectivity index (χ4n) is 3.82. The van der Waals surface area contributed by atoms with Gasteiger partial charge in [0.15, 0.2) is 0 Å². The average Bonchev–Trinajstić information content (AvgIpc) is 2.88. The molecule has 5 nitrogen and oxygen atoms in total. The number of carbonyl (C=O) groups is 1. The second-order valence-electron chi connectivity index (χ2n) is 6.61. The van der Waals surface area contributed by atoms with Gasteiger partial charge in [0, 0.05) is 32.1 Å². The van der Waals surface area contributed by atoms with Crippen LogP contribution in [0.5, 0.6) is 0 Å². The Balaban J connectivity index is 1.76. The molecule has 2 fully saturated rings. The molecule has 1 amide bonds. The van der Waals surface area contributed by atoms with E-state index in [1.54, 1.807) is 4.68 Å². The van der Waals surface area contributed by atoms with Crippen molar-refractivity contribution in [1.82, 2.24) is 20.0 Å². The van der Waals surface area contributed by atoms with Gasteiger partial charge in [-0.1, -0.05) is 6.92 Å². The quantitative estimate of drug-likeness (QED) is 0.900. The number of nitrogens with one attached hydrogen (secondary N) is 1. The van der Waals surface area contributed by atoms with Crippen molar-refractivity contribution in [2.45, 2.75) is 39.0 Å². The van der Waals surface area contributed by atoms with Crippen molar-refractivity contribution in [2.24, 2.45) is 12.5 Å². The van der Waals surface area contributed by atoms with E-state index in [4.69, 9.17) is 0 Å². The van der Waals surface area contributed by atoms with Gasteiger partial charge in [0.1, 0.15) is 5.69 Å². The molecule has 0 radical (unpaired) electrons. The van der Waals surface area contributed by atoms with E-state index in [9.17, 15) is 4.79 Å². The molecule has 3 rings (SSSR count). The van der Waals surface area contributed by atoms with E-state index < -0.39 is 0 Å². The van der Waals surface area contributed by atoms with Gasteiger partial charge in [0.05, 0.1) is 5.69 Å². The molecule has 1 aromatic heterocycles. The summed E-state index contributed by atoms with van der Waals surface area (Å²) < 4.78 is 1.74. The maximum Gasteiger partial charge on any atom is 0.272 e. The number of rotatable bonds is 2. The summed E-state index contributed by atoms with van der Waals surface area (Å²) in [5.74, 6) is 0.148. The average molecular weight is 290 g/mol. The van der Waals surface area contributed by atoms with E-state index in [2.05, 4.69) is 17.3 Å². The molecule has 0 saturated carbocycles. The summed E-state index contributed by atoms with van der Waals surface area (Å²) in [4.78, 5) is 14.9. The second kappa shape index (κ2) is 5.79. The van der Waals surface area contributed by atoms with Crippen LogP contribution in [0.4, 0.5) is 0 Å². The van der Waals surface area contributed by atoms with E-state index in [0.717, 1.165) is 50.4 Å². The number of amides is 1. The molecule has 2 aliphatic heterocycles. The number of likely N-dealkylation sites (tertiary alicyclic amines) is 1. The van der Waals surface area contributed by atoms with E-state index in [0.29, 0.717) is 5.41 Å². The third-order valence-corrected chi connectivity index (χ3v) is 5.02. The molecule has 21 heavy (non-hydrogen) atoms. The molecule has 0 bridgehead atoms. The summed E-state index contributed by atoms with van der Waals surface area (Å²) in [7, 11) is 1.87. The topological polar surface area (TPSA) is 50.2 Å². The Morgan fingerprint density at radius 2 is 2.24 bits per heavy atom. The highest BCUT2D eigenvalue weighted by atomic mass is 16.2. The van der Waals surface area contributed by atoms with E-state index >= 15 is 0 Å². The van der Waals surface area contributed by atoms with Crippen LogP contribution < -0.4 is 5.32 Å². The van der Waals surface area contributed by atoms with Crippen LogP contribution in [-0.4, -0.2) is 46.8 Å². The van der Waals surface area contributed by atoms with Crippen molar-refractivity contribution < 1.29 is 4.79 Å². The number of hydrogen-bond donors (Lipinski definition) is 1. The van der Waals surface area contributed by atoms with Gasteiger partial charge in [-0.25, -0.2) is 0 Å². The van der Waals surface area contributed by atoms with Crippen molar-refractivity contribution in [3.63, 3.8) is 0 Å². The Morgan fingerprint density at radius 1 is 1.43 bits per heavy atom. The van der Waals surface area contributed by atoms with E-state index in [1.807, 2.05) is 18.0 Å². The van der Waals surface area contributed by atoms with Crippen molar-refractivity contribution in [3.05, 3.63) is 17.5 Å². The lowest BCUT2D eigenvalue weighted by molar-refractivity contribution is 0.0425. The first kappa shape index (κ1) is 14.6. The SMILES string of the molecule is CCc1cc(C(=O)N2CCCC3(CCCNC3)C2)n(C)n1. The fourth-order valence-corrected chi connectivity index (χ4v) is 3.82. The van der Waals surface area contributed by atoms with E-state index in [-0.39, 0.29) is 5.91 Å². The van der Waals surface area contributed by atoms with Crippen LogP contribution in [0.25, 0.3) is 0 Å². The Morgan fingerprint density at radius 3 is 2.90 bits per heavy atom. The molecule has 1 aromatic rings. The summed E-state index contributed by atoms with van der Waals surface area (Å²) >= 11 is 0. The van der Waals surface area contributed by atoms with Crippen molar-refractivity contribution >= 4 is 5.91 Å². The van der Waals surface area contributed by atoms with Gasteiger partial charge in [-0.05, 0) is 44.7 Å². The van der Waals surface area contributed by atoms with Crippen LogP contribution in [0.15, 0.2) is 6.07 Å². The Labute approximate surface area is 126 Å². The molecule has 1 atom stereocenters. The molecule has 1 unspecified atom stereocenters. The van der Waals surface area contributed by atoms with Crippen LogP contribution in [-0.2, 0) is 13.5 Å². The molecule has 116 valence electrons. The molecule has 0 aliphatic carbocycles. The Hall–Kier alpha value is -1.36. The van der Waals surface area contributed by atoms with Crippen LogP contribution >= 0.6 is 0 Å². The highest BCUT2D eigenvalue weighted by molar-refractivity contribution is 5.92. The summed E-state index contributed by atoms with van der Waals surface area (Å²) in [5, 5.41) is 7.92. The van der Waals surface area contributed by atoms with Gasteiger partial charge in [-0.2, -0.15) is 5.10 Å². The third kappa shape index (κ3) is 2.84. The van der Waals surface area contributed by atoms with E-state index in [1.165, 1.54) is 19.3 Å². The van der Waals surface area contributed by atoms with Crippen LogP contribution in [0.3, 0.4) is 0 Å². The van der Waals surface area contributed by atoms with Crippen molar-refractivity contribution in [2.75, 3.05) is 26.2 Å². The van der Waals surface area contributed by atoms with Gasteiger partial charge >= 0.3 is 0 Å². The molecule has 2 aliphatic rings. The fraction of sp³-hybridized carbons (Fsp3) is 0.750. The minimum absolute atomic E-state index is 0.148. The minimum atomic E-state index is 0.148. The molecule has 2 saturated heterocycles. The number of aromatic nitrogens is 2. The molecule has 1 spiro atoms. The Bertz CT molecular complexity index is 511. The maximum absolute atomic E-state index is 12.8. The van der Waals surface area contributed by atoms with Crippen LogP contribution in [0.1, 0.15) is 48.8 Å². The Kier molecular flexibility index (Phi) is 4.02. The molecule has 1 N–H and O–H groups in total. The molecule has 0 aromatic carbocycles. The summed E-state index contributed by atoms with van der Waals surface area (Å²) in [5.41, 5.74) is 2.03. The standard InChI is InChI=1S/C16H26N4O/c1-3-13-10-14(19(2)18-13)15(21)20-9-5-7-16(12-20)6-4-8-17-11-16/h10,17H,3-9,11-12H2,1-2H3. The molecule has 3 heterocycles. The van der Waals surface area contributed by atoms with Gasteiger partial charge in [0.2, 0.25) is 0 Å². The summed E-state index contributed by atoms with van der Waals surface area (Å²) in [6, 6.07) is 1.95. The monoisotopic (exact) mass is 290 g/mol. The number of hydrogen-bond acceptors (Lipinski definition) is 3. The summed E-state index contributed by atoms with van der Waals surface area (Å²) in [6.07, 6.45) is 5.71. The molecule has 5 heteroatoms. The maximum atomic E-state index is 12.8. The summed E-state index contributed by atoms with van der Waals surface area (Å²) in [6.45, 7) is 6.03. The largest absolute Gasteiger partial charge is 0.337 e. The van der Waals surface area contributed by atoms with Crippen molar-refractivity contribution in [1.29, 1.82) is 0 Å². The highest BCUT2D eigenvalue weighted by Crippen LogP contribution is 2.36.